The van der Waals surface area contributed by atoms with E-state index in [2.05, 4.69) is 15.3 Å². The number of aromatic hydroxyl groups is 1. The molecule has 4 N–H and O–H groups in total. The summed E-state index contributed by atoms with van der Waals surface area (Å²) in [5, 5.41) is 12.5. The first-order valence-electron chi connectivity index (χ1n) is 5.97. The van der Waals surface area contributed by atoms with Crippen LogP contribution in [0.2, 0.25) is 0 Å². The molecule has 0 fully saturated rings. The van der Waals surface area contributed by atoms with Crippen LogP contribution < -0.4 is 16.6 Å². The fourth-order valence-electron chi connectivity index (χ4n) is 1.55. The first-order chi connectivity index (χ1) is 10.1. The van der Waals surface area contributed by atoms with E-state index in [0.717, 1.165) is 11.8 Å². The molecule has 8 heteroatoms. The van der Waals surface area contributed by atoms with Gasteiger partial charge in [0.25, 0.3) is 5.56 Å². The highest BCUT2D eigenvalue weighted by atomic mass is 32.1. The van der Waals surface area contributed by atoms with Crippen LogP contribution in [0.1, 0.15) is 11.1 Å². The predicted molar refractivity (Wildman–Crippen MR) is 82.8 cm³/mol. The van der Waals surface area contributed by atoms with Gasteiger partial charge in [0.2, 0.25) is 5.88 Å². The van der Waals surface area contributed by atoms with Crippen LogP contribution >= 0.6 is 12.2 Å². The smallest absolute Gasteiger partial charge is 0.328 e. The maximum atomic E-state index is 11.5. The Morgan fingerprint density at radius 2 is 2.00 bits per heavy atom. The van der Waals surface area contributed by atoms with Crippen molar-refractivity contribution in [2.24, 2.45) is 4.99 Å². The van der Waals surface area contributed by atoms with E-state index in [4.69, 9.17) is 12.2 Å². The molecule has 2 rings (SSSR count). The number of nitrogens with zero attached hydrogens (tertiary/aromatic N) is 1. The standard InChI is InChI=1S/C13H12N4O3S/c18-10-9(11(19)17-12(20)16-10)7-15-13(21)14-6-8-4-2-1-3-5-8/h1-5,7H,6H2,(H,14,21)(H3,16,17,18,19,20). The van der Waals surface area contributed by atoms with Crippen LogP contribution in [0.15, 0.2) is 44.9 Å². The molecule has 0 saturated carbocycles. The molecule has 1 aromatic carbocycles. The number of hydrogen-bond acceptors (Lipinski definition) is 4. The number of rotatable bonds is 3. The van der Waals surface area contributed by atoms with Gasteiger partial charge in [0, 0.05) is 12.8 Å². The average Bonchev–Trinajstić information content (AvgIpc) is 2.45. The van der Waals surface area contributed by atoms with Crippen molar-refractivity contribution in [2.45, 2.75) is 6.54 Å². The molecule has 0 aliphatic carbocycles. The maximum Gasteiger partial charge on any atom is 0.328 e. The summed E-state index contributed by atoms with van der Waals surface area (Å²) in [6.45, 7) is 0.491. The van der Waals surface area contributed by atoms with Gasteiger partial charge in [-0.3, -0.25) is 14.8 Å². The van der Waals surface area contributed by atoms with E-state index < -0.39 is 17.1 Å². The molecule has 1 heterocycles. The minimum Gasteiger partial charge on any atom is -0.494 e. The third-order valence-electron chi connectivity index (χ3n) is 2.56. The molecule has 7 nitrogen and oxygen atoms in total. The summed E-state index contributed by atoms with van der Waals surface area (Å²) in [7, 11) is 0. The van der Waals surface area contributed by atoms with Gasteiger partial charge >= 0.3 is 5.69 Å². The third kappa shape index (κ3) is 4.11. The Labute approximate surface area is 124 Å². The summed E-state index contributed by atoms with van der Waals surface area (Å²) < 4.78 is 0. The molecular formula is C13H12N4O3S. The van der Waals surface area contributed by atoms with Crippen LogP contribution in [0.4, 0.5) is 0 Å². The zero-order valence-electron chi connectivity index (χ0n) is 10.8. The highest BCUT2D eigenvalue weighted by Gasteiger charge is 2.05. The number of benzene rings is 1. The van der Waals surface area contributed by atoms with Crippen LogP contribution in [-0.2, 0) is 6.54 Å². The largest absolute Gasteiger partial charge is 0.494 e. The SMILES string of the molecule is O=c1[nH]c(O)c(C=NC(=S)NCc2ccccc2)c(=O)[nH]1. The summed E-state index contributed by atoms with van der Waals surface area (Å²) in [6, 6.07) is 9.57. The number of aromatic amines is 2. The lowest BCUT2D eigenvalue weighted by atomic mass is 10.2. The van der Waals surface area contributed by atoms with Gasteiger partial charge in [0.1, 0.15) is 5.56 Å². The summed E-state index contributed by atoms with van der Waals surface area (Å²) in [5.41, 5.74) is -0.677. The lowest BCUT2D eigenvalue weighted by Gasteiger charge is -2.03. The second-order valence-electron chi connectivity index (χ2n) is 4.07. The molecule has 0 bridgehead atoms. The predicted octanol–water partition coefficient (Wildman–Crippen LogP) is 0.262. The van der Waals surface area contributed by atoms with Crippen molar-refractivity contribution in [3.63, 3.8) is 0 Å². The van der Waals surface area contributed by atoms with E-state index in [0.29, 0.717) is 6.54 Å². The summed E-state index contributed by atoms with van der Waals surface area (Å²) in [5.74, 6) is -0.557. The van der Waals surface area contributed by atoms with Crippen LogP contribution in [-0.4, -0.2) is 26.4 Å². The summed E-state index contributed by atoms with van der Waals surface area (Å²) in [6.07, 6.45) is 1.09. The molecule has 108 valence electrons. The third-order valence-corrected chi connectivity index (χ3v) is 2.81. The van der Waals surface area contributed by atoms with Gasteiger partial charge in [0.15, 0.2) is 5.11 Å². The molecule has 0 saturated heterocycles. The van der Waals surface area contributed by atoms with E-state index >= 15 is 0 Å². The molecule has 21 heavy (non-hydrogen) atoms. The molecule has 0 aliphatic heterocycles. The van der Waals surface area contributed by atoms with E-state index in [-0.39, 0.29) is 10.7 Å². The lowest BCUT2D eigenvalue weighted by molar-refractivity contribution is 0.447. The topological polar surface area (TPSA) is 110 Å². The van der Waals surface area contributed by atoms with Crippen LogP contribution in [0.25, 0.3) is 0 Å². The van der Waals surface area contributed by atoms with Gasteiger partial charge in [-0.15, -0.1) is 0 Å². The van der Waals surface area contributed by atoms with Crippen molar-refractivity contribution in [3.05, 3.63) is 62.3 Å². The second-order valence-corrected chi connectivity index (χ2v) is 4.46. The number of aromatic nitrogens is 2. The molecule has 0 amide bonds. The Morgan fingerprint density at radius 3 is 2.67 bits per heavy atom. The fourth-order valence-corrected chi connectivity index (χ4v) is 1.67. The van der Waals surface area contributed by atoms with Crippen molar-refractivity contribution >= 4 is 23.5 Å². The Hall–Kier alpha value is -2.74. The molecule has 0 aliphatic rings. The van der Waals surface area contributed by atoms with Gasteiger partial charge in [-0.25, -0.2) is 9.79 Å². The molecule has 0 radical (unpaired) electrons. The molecule has 2 aromatic rings. The van der Waals surface area contributed by atoms with Crippen molar-refractivity contribution in [2.75, 3.05) is 0 Å². The molecule has 0 unspecified atom stereocenters. The minimum atomic E-state index is -0.792. The number of nitrogens with one attached hydrogen (secondary N) is 3. The quantitative estimate of drug-likeness (QED) is 0.480. The van der Waals surface area contributed by atoms with Crippen LogP contribution in [0.5, 0.6) is 5.88 Å². The van der Waals surface area contributed by atoms with Crippen molar-refractivity contribution in [1.29, 1.82) is 0 Å². The molecular weight excluding hydrogens is 292 g/mol. The number of H-pyrrole nitrogens is 2. The van der Waals surface area contributed by atoms with Crippen LogP contribution in [0, 0.1) is 0 Å². The number of hydrogen-bond donors (Lipinski definition) is 4. The Morgan fingerprint density at radius 1 is 1.29 bits per heavy atom. The molecule has 0 atom stereocenters. The van der Waals surface area contributed by atoms with Gasteiger partial charge in [-0.2, -0.15) is 0 Å². The maximum absolute atomic E-state index is 11.5. The summed E-state index contributed by atoms with van der Waals surface area (Å²) in [4.78, 5) is 30.3. The first kappa shape index (κ1) is 14.7. The van der Waals surface area contributed by atoms with E-state index in [1.807, 2.05) is 35.3 Å². The highest BCUT2D eigenvalue weighted by Crippen LogP contribution is 2.01. The van der Waals surface area contributed by atoms with Crippen LogP contribution in [0.3, 0.4) is 0 Å². The first-order valence-corrected chi connectivity index (χ1v) is 6.38. The normalized spacial score (nSPS) is 10.7. The Balaban J connectivity index is 2.03. The van der Waals surface area contributed by atoms with E-state index in [1.54, 1.807) is 0 Å². The van der Waals surface area contributed by atoms with E-state index in [1.165, 1.54) is 0 Å². The zero-order chi connectivity index (χ0) is 15.2. The zero-order valence-corrected chi connectivity index (χ0v) is 11.6. The molecule has 0 spiro atoms. The Bertz CT molecular complexity index is 780. The highest BCUT2D eigenvalue weighted by molar-refractivity contribution is 7.80. The van der Waals surface area contributed by atoms with Gasteiger partial charge in [-0.1, -0.05) is 30.3 Å². The minimum absolute atomic E-state index is 0.156. The monoisotopic (exact) mass is 304 g/mol. The average molecular weight is 304 g/mol. The van der Waals surface area contributed by atoms with Crippen molar-refractivity contribution in [1.82, 2.24) is 15.3 Å². The number of aliphatic imine (C=N–C) groups is 1. The van der Waals surface area contributed by atoms with Gasteiger partial charge in [-0.05, 0) is 17.8 Å². The lowest BCUT2D eigenvalue weighted by Crippen LogP contribution is -2.25. The van der Waals surface area contributed by atoms with E-state index in [9.17, 15) is 14.7 Å². The van der Waals surface area contributed by atoms with Gasteiger partial charge in [0.05, 0.1) is 0 Å². The van der Waals surface area contributed by atoms with Crippen molar-refractivity contribution < 1.29 is 5.11 Å². The fraction of sp³-hybridized carbons (Fsp3) is 0.0769. The Kier molecular flexibility index (Phi) is 4.62. The van der Waals surface area contributed by atoms with Gasteiger partial charge < -0.3 is 10.4 Å². The van der Waals surface area contributed by atoms with Crippen molar-refractivity contribution in [3.8, 4) is 5.88 Å². The summed E-state index contributed by atoms with van der Waals surface area (Å²) >= 11 is 4.99. The second kappa shape index (κ2) is 6.62. The molecule has 1 aromatic heterocycles. The number of thiocarbonyl (C=S) groups is 1.